The number of nitrogens with one attached hydrogen (secondary N) is 1. The van der Waals surface area contributed by atoms with Crippen LogP contribution < -0.4 is 5.32 Å². The van der Waals surface area contributed by atoms with Gasteiger partial charge >= 0.3 is 0 Å². The van der Waals surface area contributed by atoms with E-state index < -0.39 is 0 Å². The van der Waals surface area contributed by atoms with E-state index in [1.807, 2.05) is 31.2 Å². The van der Waals surface area contributed by atoms with Crippen LogP contribution in [0.3, 0.4) is 0 Å². The maximum atomic E-state index is 3.39. The molecule has 0 fully saturated rings. The predicted molar refractivity (Wildman–Crippen MR) is 60.7 cm³/mol. The van der Waals surface area contributed by atoms with Crippen molar-refractivity contribution in [3.63, 3.8) is 0 Å². The Morgan fingerprint density at radius 3 is 2.62 bits per heavy atom. The molecule has 0 saturated heterocycles. The van der Waals surface area contributed by atoms with Crippen LogP contribution in [0, 0.1) is 11.8 Å². The fraction of sp³-hybridized carbons (Fsp3) is 0.273. The highest BCUT2D eigenvalue weighted by Gasteiger charge is 1.89. The lowest BCUT2D eigenvalue weighted by molar-refractivity contribution is 1.10. The second kappa shape index (κ2) is 5.66. The molecule has 0 aliphatic heterocycles. The van der Waals surface area contributed by atoms with Gasteiger partial charge in [0.05, 0.1) is 0 Å². The molecular formula is C11H12BrN. The highest BCUT2D eigenvalue weighted by Crippen LogP contribution is 2.13. The number of benzene rings is 1. The first-order valence-electron chi connectivity index (χ1n) is 4.22. The highest BCUT2D eigenvalue weighted by molar-refractivity contribution is 9.10. The summed E-state index contributed by atoms with van der Waals surface area (Å²) < 4.78 is 1.10. The van der Waals surface area contributed by atoms with Gasteiger partial charge < -0.3 is 5.32 Å². The Kier molecular flexibility index (Phi) is 4.42. The summed E-state index contributed by atoms with van der Waals surface area (Å²) in [6.07, 6.45) is 0.895. The summed E-state index contributed by atoms with van der Waals surface area (Å²) in [6, 6.07) is 8.13. The molecule has 0 aliphatic rings. The van der Waals surface area contributed by atoms with Crippen LogP contribution in [0.15, 0.2) is 28.7 Å². The van der Waals surface area contributed by atoms with Gasteiger partial charge in [-0.2, -0.15) is 0 Å². The molecule has 0 heterocycles. The molecule has 0 atom stereocenters. The first kappa shape index (κ1) is 10.1. The molecule has 0 radical (unpaired) electrons. The number of halogens is 1. The van der Waals surface area contributed by atoms with Gasteiger partial charge in [0.2, 0.25) is 0 Å². The Hall–Kier alpha value is -0.940. The number of hydrogen-bond acceptors (Lipinski definition) is 1. The molecule has 0 bridgehead atoms. The van der Waals surface area contributed by atoms with Crippen molar-refractivity contribution < 1.29 is 0 Å². The van der Waals surface area contributed by atoms with Gasteiger partial charge in [0.15, 0.2) is 0 Å². The topological polar surface area (TPSA) is 12.0 Å². The zero-order valence-electron chi connectivity index (χ0n) is 7.60. The van der Waals surface area contributed by atoms with E-state index in [0.29, 0.717) is 0 Å². The Morgan fingerprint density at radius 1 is 1.31 bits per heavy atom. The Bertz CT molecular complexity index is 305. The Balaban J connectivity index is 2.36. The monoisotopic (exact) mass is 237 g/mol. The van der Waals surface area contributed by atoms with E-state index in [1.54, 1.807) is 0 Å². The minimum atomic E-state index is 0.895. The molecule has 1 aromatic rings. The highest BCUT2D eigenvalue weighted by atomic mass is 79.9. The summed E-state index contributed by atoms with van der Waals surface area (Å²) >= 11 is 3.39. The summed E-state index contributed by atoms with van der Waals surface area (Å²) in [5.74, 6) is 5.87. The van der Waals surface area contributed by atoms with Crippen LogP contribution in [0.25, 0.3) is 0 Å². The molecule has 1 rings (SSSR count). The Labute approximate surface area is 87.7 Å². The minimum absolute atomic E-state index is 0.895. The minimum Gasteiger partial charge on any atom is -0.384 e. The van der Waals surface area contributed by atoms with Crippen LogP contribution in [0.2, 0.25) is 0 Å². The van der Waals surface area contributed by atoms with Gasteiger partial charge in [-0.3, -0.25) is 0 Å². The van der Waals surface area contributed by atoms with Crippen LogP contribution in [0.5, 0.6) is 0 Å². The van der Waals surface area contributed by atoms with Gasteiger partial charge in [-0.05, 0) is 31.2 Å². The molecule has 0 spiro atoms. The van der Waals surface area contributed by atoms with E-state index in [9.17, 15) is 0 Å². The predicted octanol–water partition coefficient (Wildman–Crippen LogP) is 3.27. The van der Waals surface area contributed by atoms with Crippen molar-refractivity contribution in [1.29, 1.82) is 0 Å². The molecule has 0 aromatic heterocycles. The van der Waals surface area contributed by atoms with E-state index >= 15 is 0 Å². The SMILES string of the molecule is CC#CCCNc1ccc(Br)cc1. The lowest BCUT2D eigenvalue weighted by Gasteiger charge is -2.02. The lowest BCUT2D eigenvalue weighted by Crippen LogP contribution is -1.99. The molecular weight excluding hydrogens is 226 g/mol. The van der Waals surface area contributed by atoms with Gasteiger partial charge in [-0.1, -0.05) is 15.9 Å². The Morgan fingerprint density at radius 2 is 2.00 bits per heavy atom. The second-order valence-corrected chi connectivity index (χ2v) is 3.53. The molecule has 13 heavy (non-hydrogen) atoms. The molecule has 1 aromatic carbocycles. The van der Waals surface area contributed by atoms with Gasteiger partial charge in [0.25, 0.3) is 0 Å². The van der Waals surface area contributed by atoms with Crippen molar-refractivity contribution in [2.24, 2.45) is 0 Å². The molecule has 0 amide bonds. The molecule has 1 N–H and O–H groups in total. The van der Waals surface area contributed by atoms with Crippen LogP contribution in [0.4, 0.5) is 5.69 Å². The smallest absolute Gasteiger partial charge is 0.0341 e. The zero-order valence-corrected chi connectivity index (χ0v) is 9.19. The number of anilines is 1. The van der Waals surface area contributed by atoms with Gasteiger partial charge in [-0.15, -0.1) is 11.8 Å². The molecule has 0 saturated carbocycles. The lowest BCUT2D eigenvalue weighted by atomic mass is 10.3. The molecule has 1 nitrogen and oxygen atoms in total. The van der Waals surface area contributed by atoms with Crippen LogP contribution in [-0.2, 0) is 0 Å². The number of rotatable bonds is 3. The standard InChI is InChI=1S/C11H12BrN/c1-2-3-4-9-13-11-7-5-10(12)6-8-11/h5-8,13H,4,9H2,1H3. The third-order valence-electron chi connectivity index (χ3n) is 1.60. The van der Waals surface area contributed by atoms with Crippen molar-refractivity contribution in [3.05, 3.63) is 28.7 Å². The normalized spacial score (nSPS) is 8.77. The van der Waals surface area contributed by atoms with Crippen molar-refractivity contribution in [2.75, 3.05) is 11.9 Å². The summed E-state index contributed by atoms with van der Waals surface area (Å²) in [7, 11) is 0. The molecule has 68 valence electrons. The summed E-state index contributed by atoms with van der Waals surface area (Å²) in [5, 5.41) is 3.28. The van der Waals surface area contributed by atoms with Gasteiger partial charge in [0.1, 0.15) is 0 Å². The third kappa shape index (κ3) is 4.00. The van der Waals surface area contributed by atoms with Crippen LogP contribution >= 0.6 is 15.9 Å². The molecule has 2 heteroatoms. The molecule has 0 unspecified atom stereocenters. The van der Waals surface area contributed by atoms with Crippen molar-refractivity contribution in [2.45, 2.75) is 13.3 Å². The van der Waals surface area contributed by atoms with E-state index in [1.165, 1.54) is 0 Å². The average Bonchev–Trinajstić information content (AvgIpc) is 2.15. The maximum absolute atomic E-state index is 3.39. The third-order valence-corrected chi connectivity index (χ3v) is 2.13. The first-order chi connectivity index (χ1) is 6.33. The van der Waals surface area contributed by atoms with Crippen LogP contribution in [-0.4, -0.2) is 6.54 Å². The van der Waals surface area contributed by atoms with E-state index in [0.717, 1.165) is 23.1 Å². The fourth-order valence-corrected chi connectivity index (χ4v) is 1.23. The average molecular weight is 238 g/mol. The van der Waals surface area contributed by atoms with E-state index in [-0.39, 0.29) is 0 Å². The van der Waals surface area contributed by atoms with Gasteiger partial charge in [-0.25, -0.2) is 0 Å². The largest absolute Gasteiger partial charge is 0.384 e. The van der Waals surface area contributed by atoms with Gasteiger partial charge in [0, 0.05) is 23.1 Å². The fourth-order valence-electron chi connectivity index (χ4n) is 0.962. The zero-order chi connectivity index (χ0) is 9.52. The van der Waals surface area contributed by atoms with Crippen molar-refractivity contribution in [1.82, 2.24) is 0 Å². The van der Waals surface area contributed by atoms with Crippen molar-refractivity contribution in [3.8, 4) is 11.8 Å². The second-order valence-electron chi connectivity index (χ2n) is 2.61. The van der Waals surface area contributed by atoms with Crippen molar-refractivity contribution >= 4 is 21.6 Å². The van der Waals surface area contributed by atoms with Crippen LogP contribution in [0.1, 0.15) is 13.3 Å². The summed E-state index contributed by atoms with van der Waals surface area (Å²) in [4.78, 5) is 0. The summed E-state index contributed by atoms with van der Waals surface area (Å²) in [6.45, 7) is 2.77. The quantitative estimate of drug-likeness (QED) is 0.629. The van der Waals surface area contributed by atoms with E-state index in [4.69, 9.17) is 0 Å². The number of hydrogen-bond donors (Lipinski definition) is 1. The first-order valence-corrected chi connectivity index (χ1v) is 5.01. The molecule has 0 aliphatic carbocycles. The summed E-state index contributed by atoms with van der Waals surface area (Å²) in [5.41, 5.74) is 1.14. The maximum Gasteiger partial charge on any atom is 0.0341 e. The van der Waals surface area contributed by atoms with E-state index in [2.05, 4.69) is 33.1 Å².